The monoisotopic (exact) mass is 455 g/mol. The summed E-state index contributed by atoms with van der Waals surface area (Å²) in [6, 6.07) is 12.9. The van der Waals surface area contributed by atoms with E-state index < -0.39 is 0 Å². The van der Waals surface area contributed by atoms with Gasteiger partial charge in [0.1, 0.15) is 6.61 Å². The number of hydrogen-bond donors (Lipinski definition) is 0. The summed E-state index contributed by atoms with van der Waals surface area (Å²) in [6.07, 6.45) is 2.15. The summed E-state index contributed by atoms with van der Waals surface area (Å²) in [5, 5.41) is 0.767. The summed E-state index contributed by atoms with van der Waals surface area (Å²) < 4.78 is 5.03. The van der Waals surface area contributed by atoms with Crippen molar-refractivity contribution in [2.75, 3.05) is 52.4 Å². The highest BCUT2D eigenvalue weighted by Crippen LogP contribution is 2.42. The molecule has 7 heteroatoms. The number of nitrogens with zero attached hydrogens (tertiary/aromatic N) is 3. The van der Waals surface area contributed by atoms with Gasteiger partial charge in [-0.2, -0.15) is 0 Å². The normalized spacial score (nSPS) is 18.9. The van der Waals surface area contributed by atoms with E-state index >= 15 is 0 Å². The van der Waals surface area contributed by atoms with Gasteiger partial charge in [0.15, 0.2) is 0 Å². The maximum atomic E-state index is 11.7. The van der Waals surface area contributed by atoms with Crippen molar-refractivity contribution in [2.45, 2.75) is 16.7 Å². The minimum atomic E-state index is -0.179. The highest BCUT2D eigenvalue weighted by molar-refractivity contribution is 7.99. The zero-order valence-corrected chi connectivity index (χ0v) is 19.2. The summed E-state index contributed by atoms with van der Waals surface area (Å²) in [5.41, 5.74) is 4.99. The Morgan fingerprint density at radius 2 is 1.81 bits per heavy atom. The average Bonchev–Trinajstić information content (AvgIpc) is 3.11. The van der Waals surface area contributed by atoms with Gasteiger partial charge < -0.3 is 14.5 Å². The lowest BCUT2D eigenvalue weighted by molar-refractivity contribution is 0.142. The predicted octanol–water partition coefficient (Wildman–Crippen LogP) is 4.68. The maximum Gasteiger partial charge on any atom is 0.409 e. The molecule has 3 heterocycles. The highest BCUT2D eigenvalue weighted by atomic mass is 35.5. The van der Waals surface area contributed by atoms with Crippen molar-refractivity contribution >= 4 is 41.2 Å². The number of fused-ring (bicyclic) bond motifs is 2. The van der Waals surface area contributed by atoms with Gasteiger partial charge in [-0.1, -0.05) is 41.1 Å². The van der Waals surface area contributed by atoms with Crippen LogP contribution in [0.2, 0.25) is 5.02 Å². The second-order valence-electron chi connectivity index (χ2n) is 8.24. The molecule has 0 atom stereocenters. The molecular weight excluding hydrogens is 430 g/mol. The van der Waals surface area contributed by atoms with Crippen molar-refractivity contribution in [1.29, 1.82) is 0 Å². The van der Waals surface area contributed by atoms with Gasteiger partial charge in [-0.15, -0.1) is 0 Å². The Morgan fingerprint density at radius 3 is 2.58 bits per heavy atom. The van der Waals surface area contributed by atoms with Crippen LogP contribution in [0.3, 0.4) is 0 Å². The summed E-state index contributed by atoms with van der Waals surface area (Å²) in [6.45, 7) is 8.85. The summed E-state index contributed by atoms with van der Waals surface area (Å²) >= 11 is 8.22. The topological polar surface area (TPSA) is 36.0 Å². The molecule has 3 aliphatic heterocycles. The molecule has 1 amide bonds. The molecule has 2 saturated heterocycles. The maximum absolute atomic E-state index is 11.7. The fourth-order valence-corrected chi connectivity index (χ4v) is 5.56. The minimum absolute atomic E-state index is 0.179. The largest absolute Gasteiger partial charge is 0.448 e. The average molecular weight is 456 g/mol. The van der Waals surface area contributed by atoms with E-state index in [1.807, 2.05) is 17.8 Å². The predicted molar refractivity (Wildman–Crippen MR) is 126 cm³/mol. The zero-order valence-electron chi connectivity index (χ0n) is 17.6. The molecule has 0 saturated carbocycles. The SMILES string of the molecule is Cc1ccc2c(c1)C=C(N1CCN(CCN3CCOC3=O)CC1)c1cc(Cl)ccc1S2. The molecule has 2 aromatic carbocycles. The lowest BCUT2D eigenvalue weighted by Gasteiger charge is -2.38. The summed E-state index contributed by atoms with van der Waals surface area (Å²) in [5.74, 6) is 0. The number of piperazine rings is 1. The van der Waals surface area contributed by atoms with Gasteiger partial charge in [-0.3, -0.25) is 4.90 Å². The first-order chi connectivity index (χ1) is 15.1. The molecule has 2 fully saturated rings. The molecule has 0 aromatic heterocycles. The smallest absolute Gasteiger partial charge is 0.409 e. The number of benzene rings is 2. The quantitative estimate of drug-likeness (QED) is 0.668. The van der Waals surface area contributed by atoms with Gasteiger partial charge in [0.2, 0.25) is 0 Å². The Labute approximate surface area is 192 Å². The Balaban J connectivity index is 1.35. The lowest BCUT2D eigenvalue weighted by atomic mass is 10.0. The standard InChI is InChI=1S/C24H26ClN3O2S/c1-17-2-4-22-18(14-17)15-21(20-16-19(25)3-5-23(20)31-22)27-9-6-26(7-10-27)8-11-28-12-13-30-24(28)29/h2-5,14-16H,6-13H2,1H3. The Bertz CT molecular complexity index is 1030. The molecule has 5 nitrogen and oxygen atoms in total. The van der Waals surface area contributed by atoms with Crippen molar-refractivity contribution in [2.24, 2.45) is 0 Å². The fraction of sp³-hybridized carbons (Fsp3) is 0.375. The van der Waals surface area contributed by atoms with Gasteiger partial charge in [0.05, 0.1) is 6.54 Å². The lowest BCUT2D eigenvalue weighted by Crippen LogP contribution is -2.47. The van der Waals surface area contributed by atoms with E-state index in [-0.39, 0.29) is 6.09 Å². The van der Waals surface area contributed by atoms with Gasteiger partial charge in [-0.25, -0.2) is 4.79 Å². The molecular formula is C24H26ClN3O2S. The van der Waals surface area contributed by atoms with Crippen molar-refractivity contribution in [1.82, 2.24) is 14.7 Å². The summed E-state index contributed by atoms with van der Waals surface area (Å²) in [7, 11) is 0. The molecule has 0 unspecified atom stereocenters. The Kier molecular flexibility index (Phi) is 5.87. The van der Waals surface area contributed by atoms with Gasteiger partial charge in [0.25, 0.3) is 0 Å². The van der Waals surface area contributed by atoms with Crippen molar-refractivity contribution < 1.29 is 9.53 Å². The van der Waals surface area contributed by atoms with Crippen molar-refractivity contribution in [3.63, 3.8) is 0 Å². The molecule has 162 valence electrons. The third kappa shape index (κ3) is 4.43. The number of hydrogen-bond acceptors (Lipinski definition) is 5. The van der Waals surface area contributed by atoms with E-state index in [1.165, 1.54) is 32.2 Å². The van der Waals surface area contributed by atoms with E-state index in [1.54, 1.807) is 4.90 Å². The van der Waals surface area contributed by atoms with Crippen LogP contribution in [0.4, 0.5) is 4.79 Å². The van der Waals surface area contributed by atoms with Crippen LogP contribution in [0.5, 0.6) is 0 Å². The molecule has 0 spiro atoms. The number of ether oxygens (including phenoxy) is 1. The molecule has 31 heavy (non-hydrogen) atoms. The van der Waals surface area contributed by atoms with E-state index in [4.69, 9.17) is 16.3 Å². The number of carbonyl (C=O) groups is 1. The second-order valence-corrected chi connectivity index (χ2v) is 9.76. The van der Waals surface area contributed by atoms with E-state index in [2.05, 4.69) is 53.1 Å². The minimum Gasteiger partial charge on any atom is -0.448 e. The van der Waals surface area contributed by atoms with Crippen LogP contribution in [-0.4, -0.2) is 73.2 Å². The number of cyclic esters (lactones) is 1. The molecule has 5 rings (SSSR count). The first-order valence-corrected chi connectivity index (χ1v) is 12.0. The third-order valence-electron chi connectivity index (χ3n) is 6.14. The molecule has 0 N–H and O–H groups in total. The van der Waals surface area contributed by atoms with Crippen molar-refractivity contribution in [3.8, 4) is 0 Å². The summed E-state index contributed by atoms with van der Waals surface area (Å²) in [4.78, 5) is 20.9. The van der Waals surface area contributed by atoms with Gasteiger partial charge in [0, 0.05) is 65.3 Å². The number of aryl methyl sites for hydroxylation is 1. The van der Waals surface area contributed by atoms with Crippen LogP contribution in [0.1, 0.15) is 16.7 Å². The third-order valence-corrected chi connectivity index (χ3v) is 7.54. The first kappa shape index (κ1) is 20.7. The first-order valence-electron chi connectivity index (χ1n) is 10.8. The van der Waals surface area contributed by atoms with Gasteiger partial charge >= 0.3 is 6.09 Å². The zero-order chi connectivity index (χ0) is 21.4. The molecule has 0 bridgehead atoms. The van der Waals surface area contributed by atoms with E-state index in [9.17, 15) is 4.79 Å². The molecule has 0 aliphatic carbocycles. The van der Waals surface area contributed by atoms with Crippen LogP contribution in [0.25, 0.3) is 11.8 Å². The second kappa shape index (κ2) is 8.77. The van der Waals surface area contributed by atoms with Crippen molar-refractivity contribution in [3.05, 3.63) is 58.1 Å². The van der Waals surface area contributed by atoms with Crippen LogP contribution in [0.15, 0.2) is 46.2 Å². The van der Waals surface area contributed by atoms with Crippen LogP contribution in [-0.2, 0) is 4.74 Å². The van der Waals surface area contributed by atoms with E-state index in [0.717, 1.165) is 44.3 Å². The number of halogens is 1. The van der Waals surface area contributed by atoms with Gasteiger partial charge in [-0.05, 0) is 42.8 Å². The number of amides is 1. The molecule has 0 radical (unpaired) electrons. The van der Waals surface area contributed by atoms with Crippen LogP contribution >= 0.6 is 23.4 Å². The van der Waals surface area contributed by atoms with Crippen LogP contribution < -0.4 is 0 Å². The molecule has 3 aliphatic rings. The molecule has 2 aromatic rings. The van der Waals surface area contributed by atoms with E-state index in [0.29, 0.717) is 13.2 Å². The number of rotatable bonds is 4. The fourth-order valence-electron chi connectivity index (χ4n) is 4.37. The Hall–Kier alpha value is -2.15. The van der Waals surface area contributed by atoms with Crippen LogP contribution in [0, 0.1) is 6.92 Å². The Morgan fingerprint density at radius 1 is 1.00 bits per heavy atom. The highest BCUT2D eigenvalue weighted by Gasteiger charge is 2.26. The number of carbonyl (C=O) groups excluding carboxylic acids is 1.